The summed E-state index contributed by atoms with van der Waals surface area (Å²) in [6.45, 7) is 3.09. The number of methoxy groups -OCH3 is 1. The minimum absolute atomic E-state index is 0.0321. The van der Waals surface area contributed by atoms with Crippen molar-refractivity contribution < 1.29 is 24.4 Å². The molecule has 158 valence electrons. The molecular formula is C22H29NO5S. The predicted molar refractivity (Wildman–Crippen MR) is 110 cm³/mol. The molecule has 1 aliphatic carbocycles. The van der Waals surface area contributed by atoms with Crippen LogP contribution in [0, 0.1) is 18.8 Å². The van der Waals surface area contributed by atoms with Crippen molar-refractivity contribution in [2.24, 2.45) is 11.8 Å². The van der Waals surface area contributed by atoms with Gasteiger partial charge in [-0.2, -0.15) is 0 Å². The first-order valence-corrected chi connectivity index (χ1v) is 11.1. The van der Waals surface area contributed by atoms with E-state index in [0.29, 0.717) is 31.2 Å². The van der Waals surface area contributed by atoms with Crippen LogP contribution in [0.25, 0.3) is 0 Å². The van der Waals surface area contributed by atoms with Crippen molar-refractivity contribution in [3.05, 3.63) is 45.4 Å². The fraction of sp³-hybridized carbons (Fsp3) is 0.591. The van der Waals surface area contributed by atoms with E-state index in [9.17, 15) is 10.2 Å². The molecule has 1 aromatic heterocycles. The van der Waals surface area contributed by atoms with Crippen molar-refractivity contribution in [1.29, 1.82) is 0 Å². The third-order valence-electron chi connectivity index (χ3n) is 6.16. The highest BCUT2D eigenvalue weighted by atomic mass is 32.1. The monoisotopic (exact) mass is 419 g/mol. The fourth-order valence-electron chi connectivity index (χ4n) is 4.56. The smallest absolute Gasteiger partial charge is 0.122 e. The number of rotatable bonds is 7. The molecule has 2 aromatic rings. The number of nitrogens with zero attached hydrogens (tertiary/aromatic N) is 1. The van der Waals surface area contributed by atoms with Crippen LogP contribution in [0.5, 0.6) is 5.75 Å². The fourth-order valence-corrected chi connectivity index (χ4v) is 5.43. The zero-order chi connectivity index (χ0) is 20.4. The van der Waals surface area contributed by atoms with Crippen LogP contribution in [0.2, 0.25) is 0 Å². The number of aliphatic hydroxyl groups excluding tert-OH is 2. The Balaban J connectivity index is 1.36. The largest absolute Gasteiger partial charge is 0.493 e. The van der Waals surface area contributed by atoms with Crippen LogP contribution >= 0.6 is 11.3 Å². The molecule has 2 heterocycles. The van der Waals surface area contributed by atoms with Crippen molar-refractivity contribution >= 4 is 11.3 Å². The van der Waals surface area contributed by atoms with Crippen molar-refractivity contribution in [2.75, 3.05) is 13.7 Å². The van der Waals surface area contributed by atoms with Crippen LogP contribution in [0.1, 0.15) is 47.2 Å². The molecule has 29 heavy (non-hydrogen) atoms. The molecule has 7 heteroatoms. The minimum atomic E-state index is -0.415. The van der Waals surface area contributed by atoms with E-state index in [1.165, 1.54) is 11.3 Å². The summed E-state index contributed by atoms with van der Waals surface area (Å²) in [4.78, 5) is 4.46. The number of thiazole rings is 1. The van der Waals surface area contributed by atoms with Gasteiger partial charge in [0.15, 0.2) is 0 Å². The van der Waals surface area contributed by atoms with Gasteiger partial charge in [0, 0.05) is 24.8 Å². The molecule has 2 fully saturated rings. The van der Waals surface area contributed by atoms with Crippen molar-refractivity contribution in [1.82, 2.24) is 4.98 Å². The Bertz CT molecular complexity index is 825. The highest BCUT2D eigenvalue weighted by Crippen LogP contribution is 2.46. The molecule has 1 saturated heterocycles. The second-order valence-electron chi connectivity index (χ2n) is 8.04. The average Bonchev–Trinajstić information content (AvgIpc) is 3.31. The number of ether oxygens (including phenoxy) is 3. The molecule has 1 saturated carbocycles. The Morgan fingerprint density at radius 2 is 2.17 bits per heavy atom. The van der Waals surface area contributed by atoms with Gasteiger partial charge in [-0.1, -0.05) is 6.07 Å². The van der Waals surface area contributed by atoms with Gasteiger partial charge in [-0.25, -0.2) is 4.98 Å². The molecule has 4 rings (SSSR count). The van der Waals surface area contributed by atoms with Crippen molar-refractivity contribution in [3.8, 4) is 5.75 Å². The Morgan fingerprint density at radius 3 is 2.90 bits per heavy atom. The number of hydrogen-bond donors (Lipinski definition) is 2. The van der Waals surface area contributed by atoms with Crippen LogP contribution < -0.4 is 4.74 Å². The summed E-state index contributed by atoms with van der Waals surface area (Å²) in [6.07, 6.45) is 2.09. The van der Waals surface area contributed by atoms with E-state index in [2.05, 4.69) is 11.9 Å². The lowest BCUT2D eigenvalue weighted by atomic mass is 9.87. The third-order valence-corrected chi connectivity index (χ3v) is 7.15. The van der Waals surface area contributed by atoms with E-state index in [1.54, 1.807) is 7.11 Å². The maximum absolute atomic E-state index is 10.6. The Labute approximate surface area is 175 Å². The zero-order valence-corrected chi connectivity index (χ0v) is 17.7. The van der Waals surface area contributed by atoms with E-state index in [1.807, 2.05) is 23.6 Å². The van der Waals surface area contributed by atoms with Gasteiger partial charge in [0.25, 0.3) is 0 Å². The van der Waals surface area contributed by atoms with Gasteiger partial charge in [0.2, 0.25) is 0 Å². The molecule has 0 bridgehead atoms. The van der Waals surface area contributed by atoms with E-state index in [-0.39, 0.29) is 24.7 Å². The molecule has 2 N–H and O–H groups in total. The first-order chi connectivity index (χ1) is 14.1. The number of aryl methyl sites for hydroxylation is 1. The second kappa shape index (κ2) is 9.10. The standard InChI is InChI=1S/C22H29NO5S/c1-13-7-16(4-3-14(13)10-26-2)27-11-18-17-5-6-20(28-21(17)8-19(18)25)22-23-15(9-24)12-29-22/h3-4,7,12,17-21,24-25H,5-6,8-11H2,1-2H3/t17-,18-,19+,20-,21+/m1/s1. The van der Waals surface area contributed by atoms with Crippen LogP contribution in [0.3, 0.4) is 0 Å². The van der Waals surface area contributed by atoms with Gasteiger partial charge in [0.05, 0.1) is 37.7 Å². The maximum atomic E-state index is 10.6. The van der Waals surface area contributed by atoms with E-state index in [0.717, 1.165) is 34.7 Å². The summed E-state index contributed by atoms with van der Waals surface area (Å²) in [7, 11) is 1.69. The van der Waals surface area contributed by atoms with Gasteiger partial charge < -0.3 is 24.4 Å². The second-order valence-corrected chi connectivity index (χ2v) is 8.93. The van der Waals surface area contributed by atoms with Crippen molar-refractivity contribution in [2.45, 2.75) is 57.7 Å². The molecule has 0 unspecified atom stereocenters. The molecular weight excluding hydrogens is 390 g/mol. The molecule has 1 aliphatic heterocycles. The van der Waals surface area contributed by atoms with Gasteiger partial charge in [-0.3, -0.25) is 0 Å². The molecule has 2 aliphatic rings. The van der Waals surface area contributed by atoms with Crippen LogP contribution in [0.15, 0.2) is 23.6 Å². The summed E-state index contributed by atoms with van der Waals surface area (Å²) >= 11 is 1.54. The molecule has 0 spiro atoms. The van der Waals surface area contributed by atoms with E-state index in [4.69, 9.17) is 14.2 Å². The topological polar surface area (TPSA) is 81.0 Å². The van der Waals surface area contributed by atoms with Crippen LogP contribution in [-0.2, 0) is 22.7 Å². The van der Waals surface area contributed by atoms with Crippen LogP contribution in [-0.4, -0.2) is 41.1 Å². The van der Waals surface area contributed by atoms with E-state index >= 15 is 0 Å². The number of aliphatic hydroxyl groups is 2. The molecule has 6 nitrogen and oxygen atoms in total. The molecule has 5 atom stereocenters. The minimum Gasteiger partial charge on any atom is -0.493 e. The Hall–Kier alpha value is -1.51. The van der Waals surface area contributed by atoms with Crippen molar-refractivity contribution in [3.63, 3.8) is 0 Å². The number of benzene rings is 1. The Kier molecular flexibility index (Phi) is 6.51. The third kappa shape index (κ3) is 4.49. The number of hydrogen-bond acceptors (Lipinski definition) is 7. The number of aromatic nitrogens is 1. The highest BCUT2D eigenvalue weighted by Gasteiger charge is 2.47. The SMILES string of the molecule is COCc1ccc(OC[C@@H]2[C@H]3CC[C@H](c4nc(CO)cs4)O[C@H]3C[C@@H]2O)cc1C. The summed E-state index contributed by atoms with van der Waals surface area (Å²) in [6, 6.07) is 6.03. The zero-order valence-electron chi connectivity index (χ0n) is 16.9. The average molecular weight is 420 g/mol. The van der Waals surface area contributed by atoms with Gasteiger partial charge in [-0.05, 0) is 48.9 Å². The summed E-state index contributed by atoms with van der Waals surface area (Å²) in [5.41, 5.74) is 2.99. The van der Waals surface area contributed by atoms with Gasteiger partial charge in [0.1, 0.15) is 16.9 Å². The Morgan fingerprint density at radius 1 is 1.31 bits per heavy atom. The van der Waals surface area contributed by atoms with Gasteiger partial charge >= 0.3 is 0 Å². The van der Waals surface area contributed by atoms with Gasteiger partial charge in [-0.15, -0.1) is 11.3 Å². The molecule has 1 aromatic carbocycles. The highest BCUT2D eigenvalue weighted by molar-refractivity contribution is 7.09. The predicted octanol–water partition coefficient (Wildman–Crippen LogP) is 3.39. The molecule has 0 amide bonds. The molecule has 0 radical (unpaired) electrons. The maximum Gasteiger partial charge on any atom is 0.122 e. The lowest BCUT2D eigenvalue weighted by Gasteiger charge is -2.33. The number of fused-ring (bicyclic) bond motifs is 1. The van der Waals surface area contributed by atoms with E-state index < -0.39 is 6.10 Å². The summed E-state index contributed by atoms with van der Waals surface area (Å²) in [5.74, 6) is 1.20. The lowest BCUT2D eigenvalue weighted by molar-refractivity contribution is -0.0812. The lowest BCUT2D eigenvalue weighted by Crippen LogP contribution is -2.33. The first-order valence-electron chi connectivity index (χ1n) is 10.2. The quantitative estimate of drug-likeness (QED) is 0.716. The first kappa shape index (κ1) is 20.8. The summed E-state index contributed by atoms with van der Waals surface area (Å²) in [5, 5.41) is 22.7. The normalized spacial score (nSPS) is 29.0. The van der Waals surface area contributed by atoms with Crippen LogP contribution in [0.4, 0.5) is 0 Å². The summed E-state index contributed by atoms with van der Waals surface area (Å²) < 4.78 is 17.6.